The Labute approximate surface area is 299 Å². The molecule has 14 heteroatoms. The van der Waals surface area contributed by atoms with Gasteiger partial charge in [-0.1, -0.05) is 18.1 Å². The van der Waals surface area contributed by atoms with Gasteiger partial charge in [-0.15, -0.1) is 0 Å². The third kappa shape index (κ3) is 7.95. The maximum absolute atomic E-state index is 13.3. The standard InChI is InChI=1S/C37H50F5N3O5S/c1-35-16-12-29-28-9-8-27(50-34(47)44-18-13-26(14-19-44)45-17-3-2-7-32(45)46)23-25(28)22-24(33(29)30(35)10-11-31(35)43-48)6-4-20-51(49)21-5-15-36(38,39)37(40,41)42/h8-9,23-24,26,29-30,33,48H,2-7,10-22H2,1H3/b43-31-/t24-,29-,30+,33-,35+,51?/m1/s1. The van der Waals surface area contributed by atoms with E-state index in [0.717, 1.165) is 69.2 Å². The summed E-state index contributed by atoms with van der Waals surface area (Å²) < 4.78 is 82.9. The molecule has 1 aromatic rings. The predicted molar refractivity (Wildman–Crippen MR) is 183 cm³/mol. The van der Waals surface area contributed by atoms with Crippen LogP contribution in [0.15, 0.2) is 23.4 Å². The van der Waals surface area contributed by atoms with Gasteiger partial charge in [-0.3, -0.25) is 9.00 Å². The van der Waals surface area contributed by atoms with E-state index in [2.05, 4.69) is 18.1 Å². The van der Waals surface area contributed by atoms with E-state index in [9.17, 15) is 41.0 Å². The molecule has 1 unspecified atom stereocenters. The van der Waals surface area contributed by atoms with Crippen LogP contribution in [0.4, 0.5) is 26.7 Å². The number of halogens is 5. The van der Waals surface area contributed by atoms with Crippen LogP contribution < -0.4 is 4.74 Å². The number of amides is 2. The van der Waals surface area contributed by atoms with E-state index in [1.54, 1.807) is 4.90 Å². The summed E-state index contributed by atoms with van der Waals surface area (Å²) >= 11 is 0. The number of rotatable bonds is 10. The van der Waals surface area contributed by atoms with Crippen molar-refractivity contribution in [3.63, 3.8) is 0 Å². The molecule has 2 amide bonds. The van der Waals surface area contributed by atoms with Crippen molar-refractivity contribution in [2.45, 2.75) is 121 Å². The minimum atomic E-state index is -5.61. The van der Waals surface area contributed by atoms with Gasteiger partial charge in [0.15, 0.2) is 0 Å². The van der Waals surface area contributed by atoms with E-state index < -0.39 is 41.8 Å². The molecule has 5 aliphatic rings. The molecule has 4 fully saturated rings. The minimum absolute atomic E-state index is 0.156. The van der Waals surface area contributed by atoms with Crippen LogP contribution in [0.1, 0.15) is 107 Å². The van der Waals surface area contributed by atoms with Gasteiger partial charge in [-0.25, -0.2) is 4.79 Å². The second-order valence-electron chi connectivity index (χ2n) is 15.6. The summed E-state index contributed by atoms with van der Waals surface area (Å²) in [7, 11) is -1.51. The van der Waals surface area contributed by atoms with Crippen molar-refractivity contribution in [3.8, 4) is 5.75 Å². The van der Waals surface area contributed by atoms with Crippen molar-refractivity contribution < 1.29 is 45.7 Å². The van der Waals surface area contributed by atoms with Gasteiger partial charge in [0.2, 0.25) is 5.91 Å². The summed E-state index contributed by atoms with van der Waals surface area (Å²) in [5, 5.41) is 13.5. The summed E-state index contributed by atoms with van der Waals surface area (Å²) in [6.07, 6.45) is 1.52. The molecular weight excluding hydrogens is 693 g/mol. The van der Waals surface area contributed by atoms with Crippen molar-refractivity contribution in [1.82, 2.24) is 9.80 Å². The molecule has 51 heavy (non-hydrogen) atoms. The van der Waals surface area contributed by atoms with Gasteiger partial charge in [0.1, 0.15) is 5.75 Å². The first-order chi connectivity index (χ1) is 24.2. The number of likely N-dealkylation sites (tertiary alicyclic amines) is 2. The first kappa shape index (κ1) is 38.0. The van der Waals surface area contributed by atoms with Crippen LogP contribution in [0, 0.1) is 23.2 Å². The second kappa shape index (κ2) is 15.3. The summed E-state index contributed by atoms with van der Waals surface area (Å²) in [5.41, 5.74) is 2.94. The summed E-state index contributed by atoms with van der Waals surface area (Å²) in [6.45, 7) is 4.02. The van der Waals surface area contributed by atoms with Crippen LogP contribution in [0.25, 0.3) is 0 Å². The number of alkyl halides is 5. The maximum atomic E-state index is 13.3. The Morgan fingerprint density at radius 2 is 1.78 bits per heavy atom. The number of fused-ring (bicyclic) bond motifs is 5. The monoisotopic (exact) mass is 743 g/mol. The quantitative estimate of drug-likeness (QED) is 0.149. The molecule has 6 rings (SSSR count). The first-order valence-electron chi connectivity index (χ1n) is 18.6. The highest BCUT2D eigenvalue weighted by molar-refractivity contribution is 7.84. The molecule has 0 radical (unpaired) electrons. The molecule has 0 bridgehead atoms. The molecule has 1 N–H and O–H groups in total. The zero-order valence-corrected chi connectivity index (χ0v) is 30.1. The molecule has 8 nitrogen and oxygen atoms in total. The second-order valence-corrected chi connectivity index (χ2v) is 17.3. The van der Waals surface area contributed by atoms with Gasteiger partial charge in [-0.05, 0) is 124 Å². The van der Waals surface area contributed by atoms with Gasteiger partial charge >= 0.3 is 18.2 Å². The minimum Gasteiger partial charge on any atom is -0.411 e. The van der Waals surface area contributed by atoms with Crippen molar-refractivity contribution in [3.05, 3.63) is 29.3 Å². The van der Waals surface area contributed by atoms with Gasteiger partial charge in [0.25, 0.3) is 0 Å². The maximum Gasteiger partial charge on any atom is 0.453 e. The summed E-state index contributed by atoms with van der Waals surface area (Å²) in [4.78, 5) is 29.3. The van der Waals surface area contributed by atoms with Crippen molar-refractivity contribution in [1.29, 1.82) is 0 Å². The first-order valence-corrected chi connectivity index (χ1v) is 20.1. The highest BCUT2D eigenvalue weighted by Crippen LogP contribution is 2.62. The van der Waals surface area contributed by atoms with E-state index in [0.29, 0.717) is 44.5 Å². The molecule has 1 aromatic carbocycles. The zero-order chi connectivity index (χ0) is 36.6. The molecule has 0 aromatic heterocycles. The number of hydrogen-bond donors (Lipinski definition) is 1. The molecular formula is C37H50F5N3O5S. The van der Waals surface area contributed by atoms with Gasteiger partial charge in [0.05, 0.1) is 5.71 Å². The molecule has 2 saturated heterocycles. The lowest BCUT2D eigenvalue weighted by molar-refractivity contribution is -0.284. The Balaban J connectivity index is 1.10. The average molecular weight is 744 g/mol. The van der Waals surface area contributed by atoms with Crippen molar-refractivity contribution >= 4 is 28.5 Å². The lowest BCUT2D eigenvalue weighted by Gasteiger charge is -2.52. The van der Waals surface area contributed by atoms with Crippen LogP contribution in [0.5, 0.6) is 5.75 Å². The zero-order valence-electron chi connectivity index (χ0n) is 29.3. The molecule has 2 saturated carbocycles. The number of piperidine rings is 2. The molecule has 0 spiro atoms. The van der Waals surface area contributed by atoms with Gasteiger partial charge in [0, 0.05) is 66.2 Å². The Hall–Kier alpha value is -2.77. The molecule has 3 aliphatic carbocycles. The van der Waals surface area contributed by atoms with E-state index in [1.807, 2.05) is 17.0 Å². The predicted octanol–water partition coefficient (Wildman–Crippen LogP) is 8.08. The lowest BCUT2D eigenvalue weighted by Crippen LogP contribution is -2.50. The number of oxime groups is 1. The van der Waals surface area contributed by atoms with E-state index >= 15 is 0 Å². The number of hydrogen-bond acceptors (Lipinski definition) is 6. The number of carbonyl (C=O) groups is 2. The van der Waals surface area contributed by atoms with Gasteiger partial charge < -0.3 is 19.7 Å². The van der Waals surface area contributed by atoms with Crippen LogP contribution in [0.2, 0.25) is 0 Å². The van der Waals surface area contributed by atoms with Gasteiger partial charge in [-0.2, -0.15) is 22.0 Å². The molecule has 6 atom stereocenters. The Morgan fingerprint density at radius 1 is 1.04 bits per heavy atom. The summed E-state index contributed by atoms with van der Waals surface area (Å²) in [5.74, 6) is -3.11. The fourth-order valence-electron chi connectivity index (χ4n) is 10.0. The fraction of sp³-hybridized carbons (Fsp3) is 0.757. The fourth-order valence-corrected chi connectivity index (χ4v) is 11.2. The smallest absolute Gasteiger partial charge is 0.411 e. The summed E-state index contributed by atoms with van der Waals surface area (Å²) in [6, 6.07) is 6.05. The van der Waals surface area contributed by atoms with Crippen LogP contribution in [-0.2, 0) is 22.0 Å². The van der Waals surface area contributed by atoms with E-state index in [-0.39, 0.29) is 52.5 Å². The number of carbonyl (C=O) groups excluding carboxylic acids is 2. The molecule has 2 aliphatic heterocycles. The lowest BCUT2D eigenvalue weighted by atomic mass is 9.52. The van der Waals surface area contributed by atoms with Crippen LogP contribution in [0.3, 0.4) is 0 Å². The Bertz CT molecular complexity index is 1500. The topological polar surface area (TPSA) is 99.5 Å². The van der Waals surface area contributed by atoms with Crippen LogP contribution in [-0.4, -0.2) is 86.2 Å². The number of ether oxygens (including phenoxy) is 1. The third-order valence-corrected chi connectivity index (χ3v) is 14.2. The Morgan fingerprint density at radius 3 is 2.49 bits per heavy atom. The third-order valence-electron chi connectivity index (χ3n) is 12.7. The molecule has 284 valence electrons. The highest BCUT2D eigenvalue weighted by atomic mass is 32.2. The SMILES string of the molecule is C[C@]12CC[C@@H]3c4ccc(OC(=O)N5CCC(N6CCCCC6=O)CC5)cc4C[C@@H](CCCS(=O)CCCC(F)(F)C(F)(F)F)[C@H]3[C@@H]1CC/C2=N/O. The van der Waals surface area contributed by atoms with Crippen molar-refractivity contribution in [2.24, 2.45) is 28.3 Å². The van der Waals surface area contributed by atoms with Crippen LogP contribution >= 0.6 is 0 Å². The van der Waals surface area contributed by atoms with E-state index in [1.165, 1.54) is 5.56 Å². The normalized spacial score (nSPS) is 30.2. The average Bonchev–Trinajstić information content (AvgIpc) is 3.44. The van der Waals surface area contributed by atoms with Crippen molar-refractivity contribution in [2.75, 3.05) is 31.1 Å². The van der Waals surface area contributed by atoms with E-state index in [4.69, 9.17) is 4.74 Å². The number of benzene rings is 1. The Kier molecular flexibility index (Phi) is 11.4. The largest absolute Gasteiger partial charge is 0.453 e. The highest BCUT2D eigenvalue weighted by Gasteiger charge is 2.57. The number of nitrogens with zero attached hydrogens (tertiary/aromatic N) is 3. The molecule has 2 heterocycles.